The Balaban J connectivity index is 0.000000296. The lowest BCUT2D eigenvalue weighted by Gasteiger charge is -2.25. The van der Waals surface area contributed by atoms with E-state index in [9.17, 15) is 9.90 Å². The summed E-state index contributed by atoms with van der Waals surface area (Å²) in [5.74, 6) is 0.0177. The number of aryl methyl sites for hydroxylation is 1. The molecule has 160 valence electrons. The van der Waals surface area contributed by atoms with Crippen molar-refractivity contribution < 1.29 is 19.7 Å². The van der Waals surface area contributed by atoms with E-state index in [0.29, 0.717) is 11.3 Å². The second-order valence-electron chi connectivity index (χ2n) is 9.66. The van der Waals surface area contributed by atoms with E-state index >= 15 is 0 Å². The largest absolute Gasteiger partial charge is 0.504 e. The summed E-state index contributed by atoms with van der Waals surface area (Å²) in [4.78, 5) is 10.6. The van der Waals surface area contributed by atoms with Crippen LogP contribution in [0, 0.1) is 6.92 Å². The number of carbonyl (C=O) groups is 1. The van der Waals surface area contributed by atoms with Crippen LogP contribution in [-0.2, 0) is 10.8 Å². The molecule has 0 unspecified atom stereocenters. The molecule has 0 bridgehead atoms. The van der Waals surface area contributed by atoms with Crippen molar-refractivity contribution in [3.8, 4) is 11.5 Å². The SMILES string of the molecule is CC(C)(C)c1ccc(C(=O)O)cc1.Cc1ccc(C(C)(C)C)c(OC(C)C)c1O. The number of benzene rings is 2. The van der Waals surface area contributed by atoms with Crippen LogP contribution in [0.15, 0.2) is 36.4 Å². The third kappa shape index (κ3) is 7.12. The fourth-order valence-electron chi connectivity index (χ4n) is 2.73. The van der Waals surface area contributed by atoms with Gasteiger partial charge in [-0.15, -0.1) is 0 Å². The van der Waals surface area contributed by atoms with Crippen LogP contribution in [0.1, 0.15) is 82.4 Å². The molecule has 0 aliphatic heterocycles. The standard InChI is InChI=1S/C14H22O2.C11H14O2/c1-9(2)16-13-11(14(4,5)6)8-7-10(3)12(13)15;1-11(2,3)9-6-4-8(5-7-9)10(12)13/h7-9,15H,1-6H3;4-7H,1-3H3,(H,12,13). The van der Waals surface area contributed by atoms with E-state index in [1.807, 2.05) is 45.0 Å². The average molecular weight is 401 g/mol. The molecule has 2 aromatic carbocycles. The van der Waals surface area contributed by atoms with Gasteiger partial charge in [-0.25, -0.2) is 4.79 Å². The zero-order chi connectivity index (χ0) is 22.6. The van der Waals surface area contributed by atoms with Crippen LogP contribution in [0.2, 0.25) is 0 Å². The third-order valence-electron chi connectivity index (χ3n) is 4.49. The summed E-state index contributed by atoms with van der Waals surface area (Å²) in [6, 6.07) is 11.0. The highest BCUT2D eigenvalue weighted by molar-refractivity contribution is 5.87. The van der Waals surface area contributed by atoms with Crippen LogP contribution in [0.4, 0.5) is 0 Å². The van der Waals surface area contributed by atoms with Gasteiger partial charge >= 0.3 is 5.97 Å². The van der Waals surface area contributed by atoms with Gasteiger partial charge in [-0.05, 0) is 54.9 Å². The first-order valence-electron chi connectivity index (χ1n) is 9.98. The van der Waals surface area contributed by atoms with Gasteiger partial charge in [0.05, 0.1) is 11.7 Å². The van der Waals surface area contributed by atoms with E-state index in [1.165, 1.54) is 0 Å². The molecule has 29 heavy (non-hydrogen) atoms. The maximum Gasteiger partial charge on any atom is 0.335 e. The average Bonchev–Trinajstić information content (AvgIpc) is 2.57. The Morgan fingerprint density at radius 3 is 1.79 bits per heavy atom. The quantitative estimate of drug-likeness (QED) is 0.620. The number of ether oxygens (including phenoxy) is 1. The zero-order valence-corrected chi connectivity index (χ0v) is 19.3. The summed E-state index contributed by atoms with van der Waals surface area (Å²) in [5.41, 5.74) is 3.44. The van der Waals surface area contributed by atoms with Crippen LogP contribution in [-0.4, -0.2) is 22.3 Å². The molecule has 2 N–H and O–H groups in total. The van der Waals surface area contributed by atoms with Gasteiger partial charge in [-0.2, -0.15) is 0 Å². The second kappa shape index (κ2) is 9.34. The zero-order valence-electron chi connectivity index (χ0n) is 19.3. The molecule has 0 aromatic heterocycles. The number of hydrogen-bond donors (Lipinski definition) is 2. The monoisotopic (exact) mass is 400 g/mol. The number of phenolic OH excluding ortho intramolecular Hbond substituents is 1. The first-order valence-corrected chi connectivity index (χ1v) is 9.98. The molecular formula is C25H36O4. The third-order valence-corrected chi connectivity index (χ3v) is 4.49. The van der Waals surface area contributed by atoms with Gasteiger partial charge in [0, 0.05) is 5.56 Å². The Kier molecular flexibility index (Phi) is 7.90. The number of rotatable bonds is 3. The molecule has 4 heteroatoms. The van der Waals surface area contributed by atoms with Crippen molar-refractivity contribution in [2.24, 2.45) is 0 Å². The van der Waals surface area contributed by atoms with Gasteiger partial charge in [-0.3, -0.25) is 0 Å². The summed E-state index contributed by atoms with van der Waals surface area (Å²) in [6.07, 6.45) is 0.0637. The number of carboxylic acid groups (broad SMARTS) is 1. The van der Waals surface area contributed by atoms with Crippen LogP contribution >= 0.6 is 0 Å². The predicted molar refractivity (Wildman–Crippen MR) is 119 cm³/mol. The molecule has 0 spiro atoms. The number of aromatic carboxylic acids is 1. The molecule has 2 aromatic rings. The van der Waals surface area contributed by atoms with Crippen LogP contribution in [0.25, 0.3) is 0 Å². The van der Waals surface area contributed by atoms with Crippen molar-refractivity contribution in [2.45, 2.75) is 79.2 Å². The van der Waals surface area contributed by atoms with E-state index in [4.69, 9.17) is 9.84 Å². The Hall–Kier alpha value is -2.49. The normalized spacial score (nSPS) is 11.7. The van der Waals surface area contributed by atoms with E-state index in [-0.39, 0.29) is 22.7 Å². The lowest BCUT2D eigenvalue weighted by Crippen LogP contribution is -2.16. The minimum absolute atomic E-state index is 0.0323. The van der Waals surface area contributed by atoms with Crippen molar-refractivity contribution in [3.63, 3.8) is 0 Å². The first-order chi connectivity index (χ1) is 13.1. The van der Waals surface area contributed by atoms with E-state index in [0.717, 1.165) is 16.7 Å². The van der Waals surface area contributed by atoms with E-state index in [2.05, 4.69) is 41.5 Å². The van der Waals surface area contributed by atoms with Crippen molar-refractivity contribution >= 4 is 5.97 Å². The number of hydrogen-bond acceptors (Lipinski definition) is 3. The summed E-state index contributed by atoms with van der Waals surface area (Å²) < 4.78 is 5.73. The molecule has 0 aliphatic rings. The minimum Gasteiger partial charge on any atom is -0.504 e. The Morgan fingerprint density at radius 1 is 0.897 bits per heavy atom. The molecule has 0 heterocycles. The molecule has 4 nitrogen and oxygen atoms in total. The fourth-order valence-corrected chi connectivity index (χ4v) is 2.73. The molecule has 0 aliphatic carbocycles. The topological polar surface area (TPSA) is 66.8 Å². The summed E-state index contributed by atoms with van der Waals surface area (Å²) in [7, 11) is 0. The van der Waals surface area contributed by atoms with Crippen LogP contribution < -0.4 is 4.74 Å². The lowest BCUT2D eigenvalue weighted by atomic mass is 9.85. The maximum absolute atomic E-state index is 10.6. The fraction of sp³-hybridized carbons (Fsp3) is 0.480. The smallest absolute Gasteiger partial charge is 0.335 e. The van der Waals surface area contributed by atoms with E-state index < -0.39 is 5.97 Å². The summed E-state index contributed by atoms with van der Waals surface area (Å²) in [6.45, 7) is 18.5. The highest BCUT2D eigenvalue weighted by Crippen LogP contribution is 2.40. The predicted octanol–water partition coefficient (Wildman–Crippen LogP) is 6.47. The molecule has 0 saturated heterocycles. The molecule has 0 atom stereocenters. The van der Waals surface area contributed by atoms with Crippen LogP contribution in [0.3, 0.4) is 0 Å². The lowest BCUT2D eigenvalue weighted by molar-refractivity contribution is 0.0697. The van der Waals surface area contributed by atoms with Gasteiger partial charge in [-0.1, -0.05) is 65.8 Å². The van der Waals surface area contributed by atoms with Crippen molar-refractivity contribution in [1.82, 2.24) is 0 Å². The molecule has 0 amide bonds. The summed E-state index contributed by atoms with van der Waals surface area (Å²) >= 11 is 0. The van der Waals surface area contributed by atoms with Crippen molar-refractivity contribution in [2.75, 3.05) is 0 Å². The maximum atomic E-state index is 10.6. The molecule has 0 fully saturated rings. The summed E-state index contributed by atoms with van der Waals surface area (Å²) in [5, 5.41) is 18.7. The van der Waals surface area contributed by atoms with Crippen molar-refractivity contribution in [1.29, 1.82) is 0 Å². The van der Waals surface area contributed by atoms with Gasteiger partial charge in [0.15, 0.2) is 11.5 Å². The second-order valence-corrected chi connectivity index (χ2v) is 9.66. The molecule has 0 saturated carbocycles. The number of carboxylic acids is 1. The molecule has 2 rings (SSSR count). The molecule has 0 radical (unpaired) electrons. The van der Waals surface area contributed by atoms with Crippen LogP contribution in [0.5, 0.6) is 11.5 Å². The van der Waals surface area contributed by atoms with Gasteiger partial charge in [0.2, 0.25) is 0 Å². The Bertz CT molecular complexity index is 820. The van der Waals surface area contributed by atoms with Gasteiger partial charge in [0.1, 0.15) is 0 Å². The van der Waals surface area contributed by atoms with Crippen molar-refractivity contribution in [3.05, 3.63) is 58.7 Å². The minimum atomic E-state index is -0.875. The van der Waals surface area contributed by atoms with Gasteiger partial charge in [0.25, 0.3) is 0 Å². The highest BCUT2D eigenvalue weighted by Gasteiger charge is 2.23. The van der Waals surface area contributed by atoms with Gasteiger partial charge < -0.3 is 14.9 Å². The number of phenols is 1. The molecular weight excluding hydrogens is 364 g/mol. The highest BCUT2D eigenvalue weighted by atomic mass is 16.5. The Labute approximate surface area is 175 Å². The van der Waals surface area contributed by atoms with E-state index in [1.54, 1.807) is 12.1 Å². The Morgan fingerprint density at radius 2 is 1.41 bits per heavy atom. The number of aromatic hydroxyl groups is 1. The first kappa shape index (κ1) is 24.5.